The number of allylic oxidation sites excluding steroid dienone is 4. The Labute approximate surface area is 69.0 Å². The van der Waals surface area contributed by atoms with Crippen LogP contribution in [0.1, 0.15) is 44.9 Å². The molecule has 0 unspecified atom stereocenters. The molecule has 0 atom stereocenters. The summed E-state index contributed by atoms with van der Waals surface area (Å²) in [5.41, 5.74) is 3.35. The van der Waals surface area contributed by atoms with E-state index in [1.807, 2.05) is 0 Å². The summed E-state index contributed by atoms with van der Waals surface area (Å²) in [6.45, 7) is 0. The van der Waals surface area contributed by atoms with E-state index in [0.717, 1.165) is 0 Å². The first-order valence-corrected chi connectivity index (χ1v) is 4.85. The first-order valence-electron chi connectivity index (χ1n) is 4.85. The van der Waals surface area contributed by atoms with Gasteiger partial charge in [-0.2, -0.15) is 0 Å². The van der Waals surface area contributed by atoms with E-state index in [2.05, 4.69) is 12.2 Å². The van der Waals surface area contributed by atoms with Crippen molar-refractivity contribution in [1.29, 1.82) is 0 Å². The Kier molecular flexibility index (Phi) is 2.11. The Morgan fingerprint density at radius 1 is 0.727 bits per heavy atom. The third-order valence-corrected chi connectivity index (χ3v) is 2.75. The molecular weight excluding hydrogens is 132 g/mol. The fourth-order valence-electron chi connectivity index (χ4n) is 2.11. The molecule has 0 aromatic heterocycles. The van der Waals surface area contributed by atoms with Gasteiger partial charge in [-0.15, -0.1) is 0 Å². The molecule has 0 N–H and O–H groups in total. The second kappa shape index (κ2) is 3.25. The van der Waals surface area contributed by atoms with Gasteiger partial charge in [0, 0.05) is 0 Å². The number of hydrogen-bond acceptors (Lipinski definition) is 0. The summed E-state index contributed by atoms with van der Waals surface area (Å²) < 4.78 is 0. The molecule has 60 valence electrons. The Hall–Kier alpha value is -0.520. The minimum absolute atomic E-state index is 1.29. The molecule has 0 bridgehead atoms. The molecule has 2 aliphatic carbocycles. The van der Waals surface area contributed by atoms with Crippen LogP contribution in [-0.4, -0.2) is 0 Å². The largest absolute Gasteiger partial charge is 0.0807 e. The lowest BCUT2D eigenvalue weighted by Gasteiger charge is -2.12. The number of hydrogen-bond donors (Lipinski definition) is 0. The first-order chi connectivity index (χ1) is 5.47. The van der Waals surface area contributed by atoms with Crippen molar-refractivity contribution < 1.29 is 0 Å². The summed E-state index contributed by atoms with van der Waals surface area (Å²) in [4.78, 5) is 0. The molecule has 0 spiro atoms. The van der Waals surface area contributed by atoms with Crippen molar-refractivity contribution >= 4 is 0 Å². The predicted molar refractivity (Wildman–Crippen MR) is 48.5 cm³/mol. The van der Waals surface area contributed by atoms with Crippen LogP contribution in [0, 0.1) is 0 Å². The van der Waals surface area contributed by atoms with Gasteiger partial charge >= 0.3 is 0 Å². The highest BCUT2D eigenvalue weighted by Crippen LogP contribution is 2.30. The van der Waals surface area contributed by atoms with Gasteiger partial charge in [-0.05, 0) is 49.7 Å². The Bertz CT molecular complexity index is 174. The van der Waals surface area contributed by atoms with E-state index in [4.69, 9.17) is 0 Å². The topological polar surface area (TPSA) is 0 Å². The van der Waals surface area contributed by atoms with Gasteiger partial charge in [-0.3, -0.25) is 0 Å². The molecule has 1 saturated carbocycles. The zero-order chi connectivity index (χ0) is 7.52. The SMILES string of the molecule is C1=C2CCCCCC2=CCC1. The van der Waals surface area contributed by atoms with Crippen molar-refractivity contribution in [2.75, 3.05) is 0 Å². The predicted octanol–water partition coefficient (Wildman–Crippen LogP) is 3.60. The van der Waals surface area contributed by atoms with Gasteiger partial charge in [0.15, 0.2) is 0 Å². The van der Waals surface area contributed by atoms with Crippen LogP contribution in [0.15, 0.2) is 23.3 Å². The van der Waals surface area contributed by atoms with Gasteiger partial charge in [-0.1, -0.05) is 18.6 Å². The minimum atomic E-state index is 1.29. The summed E-state index contributed by atoms with van der Waals surface area (Å²) in [7, 11) is 0. The summed E-state index contributed by atoms with van der Waals surface area (Å²) in [6, 6.07) is 0. The molecule has 1 fully saturated rings. The van der Waals surface area contributed by atoms with Crippen molar-refractivity contribution in [3.63, 3.8) is 0 Å². The highest BCUT2D eigenvalue weighted by Gasteiger charge is 2.11. The molecule has 2 rings (SSSR count). The second-order valence-electron chi connectivity index (χ2n) is 3.60. The summed E-state index contributed by atoms with van der Waals surface area (Å²) >= 11 is 0. The normalized spacial score (nSPS) is 24.7. The number of rotatable bonds is 0. The average Bonchev–Trinajstić information content (AvgIpc) is 2.28. The zero-order valence-electron chi connectivity index (χ0n) is 7.10. The molecule has 0 radical (unpaired) electrons. The van der Waals surface area contributed by atoms with Crippen molar-refractivity contribution in [2.45, 2.75) is 44.9 Å². The molecular formula is C11H16. The van der Waals surface area contributed by atoms with Crippen molar-refractivity contribution in [2.24, 2.45) is 0 Å². The molecule has 0 heterocycles. The van der Waals surface area contributed by atoms with E-state index in [0.29, 0.717) is 0 Å². The van der Waals surface area contributed by atoms with Crippen LogP contribution < -0.4 is 0 Å². The first kappa shape index (κ1) is 7.15. The van der Waals surface area contributed by atoms with Crippen molar-refractivity contribution in [3.8, 4) is 0 Å². The quantitative estimate of drug-likeness (QED) is 0.492. The summed E-state index contributed by atoms with van der Waals surface area (Å²) in [5, 5.41) is 0. The van der Waals surface area contributed by atoms with E-state index in [1.165, 1.54) is 44.9 Å². The highest BCUT2D eigenvalue weighted by atomic mass is 14.2. The molecule has 2 aliphatic rings. The molecule has 0 aromatic rings. The van der Waals surface area contributed by atoms with Gasteiger partial charge in [0.1, 0.15) is 0 Å². The van der Waals surface area contributed by atoms with Gasteiger partial charge < -0.3 is 0 Å². The lowest BCUT2D eigenvalue weighted by atomic mass is 9.94. The fraction of sp³-hybridized carbons (Fsp3) is 0.636. The average molecular weight is 148 g/mol. The van der Waals surface area contributed by atoms with Gasteiger partial charge in [0.05, 0.1) is 0 Å². The molecule has 0 heteroatoms. The highest BCUT2D eigenvalue weighted by molar-refractivity contribution is 5.34. The standard InChI is InChI=1S/C11H16/c1-2-6-10-8-4-5-9-11(10)7-3-1/h8-9H,1-7H2. The van der Waals surface area contributed by atoms with Gasteiger partial charge in [0.2, 0.25) is 0 Å². The van der Waals surface area contributed by atoms with Crippen molar-refractivity contribution in [3.05, 3.63) is 23.3 Å². The van der Waals surface area contributed by atoms with E-state index in [9.17, 15) is 0 Å². The molecule has 0 aromatic carbocycles. The van der Waals surface area contributed by atoms with Crippen LogP contribution in [0.25, 0.3) is 0 Å². The lowest BCUT2D eigenvalue weighted by molar-refractivity contribution is 0.719. The van der Waals surface area contributed by atoms with E-state index >= 15 is 0 Å². The van der Waals surface area contributed by atoms with Crippen LogP contribution in [0.2, 0.25) is 0 Å². The second-order valence-corrected chi connectivity index (χ2v) is 3.60. The Morgan fingerprint density at radius 2 is 1.27 bits per heavy atom. The van der Waals surface area contributed by atoms with Gasteiger partial charge in [-0.25, -0.2) is 0 Å². The maximum atomic E-state index is 2.46. The van der Waals surface area contributed by atoms with Gasteiger partial charge in [0.25, 0.3) is 0 Å². The maximum Gasteiger partial charge on any atom is -0.0279 e. The van der Waals surface area contributed by atoms with Crippen LogP contribution in [-0.2, 0) is 0 Å². The Balaban J connectivity index is 2.17. The maximum absolute atomic E-state index is 2.46. The third kappa shape index (κ3) is 1.55. The molecule has 0 aliphatic heterocycles. The molecule has 11 heavy (non-hydrogen) atoms. The molecule has 0 nitrogen and oxygen atoms in total. The fourth-order valence-corrected chi connectivity index (χ4v) is 2.11. The molecule has 0 saturated heterocycles. The summed E-state index contributed by atoms with van der Waals surface area (Å²) in [6.07, 6.45) is 14.5. The number of fused-ring (bicyclic) bond motifs is 1. The van der Waals surface area contributed by atoms with Crippen LogP contribution >= 0.6 is 0 Å². The lowest BCUT2D eigenvalue weighted by Crippen LogP contribution is -1.92. The third-order valence-electron chi connectivity index (χ3n) is 2.75. The van der Waals surface area contributed by atoms with Crippen LogP contribution in [0.3, 0.4) is 0 Å². The van der Waals surface area contributed by atoms with E-state index in [1.54, 1.807) is 11.1 Å². The van der Waals surface area contributed by atoms with Crippen molar-refractivity contribution in [1.82, 2.24) is 0 Å². The zero-order valence-corrected chi connectivity index (χ0v) is 7.10. The minimum Gasteiger partial charge on any atom is -0.0807 e. The van der Waals surface area contributed by atoms with E-state index < -0.39 is 0 Å². The monoisotopic (exact) mass is 148 g/mol. The van der Waals surface area contributed by atoms with Crippen LogP contribution in [0.5, 0.6) is 0 Å². The smallest absolute Gasteiger partial charge is 0.0279 e. The Morgan fingerprint density at radius 3 is 1.82 bits per heavy atom. The van der Waals surface area contributed by atoms with Crippen LogP contribution in [0.4, 0.5) is 0 Å². The summed E-state index contributed by atoms with van der Waals surface area (Å²) in [5.74, 6) is 0. The molecule has 0 amide bonds. The van der Waals surface area contributed by atoms with E-state index in [-0.39, 0.29) is 0 Å².